The highest BCUT2D eigenvalue weighted by atomic mass is 19.1. The fourth-order valence-electron chi connectivity index (χ4n) is 4.37. The van der Waals surface area contributed by atoms with Gasteiger partial charge in [0, 0.05) is 17.0 Å². The molecule has 1 aromatic heterocycles. The highest BCUT2D eigenvalue weighted by Crippen LogP contribution is 2.31. The highest BCUT2D eigenvalue weighted by molar-refractivity contribution is 5.87. The van der Waals surface area contributed by atoms with Gasteiger partial charge >= 0.3 is 0 Å². The molecule has 0 amide bonds. The maximum atomic E-state index is 14.3. The number of para-hydroxylation sites is 1. The first kappa shape index (κ1) is 25.2. The van der Waals surface area contributed by atoms with Crippen LogP contribution in [0.3, 0.4) is 0 Å². The Bertz CT molecular complexity index is 955. The Kier molecular flexibility index (Phi) is 11.2. The molecule has 0 unspecified atom stereocenters. The Hall–Kier alpha value is -2.42. The maximum Gasteiger partial charge on any atom is 0.132 e. The Balaban J connectivity index is 1.38. The molecule has 0 N–H and O–H groups in total. The summed E-state index contributed by atoms with van der Waals surface area (Å²) in [4.78, 5) is 4.66. The minimum absolute atomic E-state index is 0.261. The monoisotopic (exact) mass is 449 g/mol. The second-order valence-electron chi connectivity index (χ2n) is 9.09. The van der Waals surface area contributed by atoms with Crippen molar-refractivity contribution in [1.29, 1.82) is 0 Å². The lowest BCUT2D eigenvalue weighted by Crippen LogP contribution is -2.00. The molecule has 0 saturated heterocycles. The molecule has 0 aliphatic carbocycles. The lowest BCUT2D eigenvalue weighted by Gasteiger charge is -2.12. The molecule has 3 aromatic rings. The van der Waals surface area contributed by atoms with E-state index in [1.54, 1.807) is 12.1 Å². The van der Waals surface area contributed by atoms with E-state index in [-0.39, 0.29) is 5.82 Å². The summed E-state index contributed by atoms with van der Waals surface area (Å²) < 4.78 is 20.5. The van der Waals surface area contributed by atoms with Crippen LogP contribution in [-0.2, 0) is 0 Å². The van der Waals surface area contributed by atoms with Crippen LogP contribution < -0.4 is 4.74 Å². The third kappa shape index (κ3) is 8.46. The fraction of sp³-hybridized carbons (Fsp3) is 0.500. The van der Waals surface area contributed by atoms with E-state index in [4.69, 9.17) is 4.74 Å². The third-order valence-electron chi connectivity index (χ3n) is 6.33. The quantitative estimate of drug-likeness (QED) is 0.203. The van der Waals surface area contributed by atoms with Gasteiger partial charge in [0.05, 0.1) is 17.8 Å². The molecule has 0 saturated carbocycles. The number of halogens is 1. The van der Waals surface area contributed by atoms with Crippen molar-refractivity contribution in [3.8, 4) is 17.0 Å². The maximum absolute atomic E-state index is 14.3. The predicted octanol–water partition coefficient (Wildman–Crippen LogP) is 9.51. The van der Waals surface area contributed by atoms with E-state index in [9.17, 15) is 4.39 Å². The molecule has 0 spiro atoms. The van der Waals surface area contributed by atoms with Gasteiger partial charge in [0.2, 0.25) is 0 Å². The minimum Gasteiger partial charge on any atom is -0.493 e. The number of benzene rings is 2. The average Bonchev–Trinajstić information content (AvgIpc) is 2.84. The van der Waals surface area contributed by atoms with Crippen LogP contribution in [0.15, 0.2) is 54.6 Å². The van der Waals surface area contributed by atoms with E-state index >= 15 is 0 Å². The molecule has 1 heterocycles. The summed E-state index contributed by atoms with van der Waals surface area (Å²) in [6.07, 6.45) is 17.4. The zero-order valence-corrected chi connectivity index (χ0v) is 20.3. The summed E-state index contributed by atoms with van der Waals surface area (Å²) in [5.41, 5.74) is 1.96. The zero-order valence-electron chi connectivity index (χ0n) is 20.3. The molecular formula is C30H40FNO. The molecular weight excluding hydrogens is 409 g/mol. The van der Waals surface area contributed by atoms with E-state index in [1.165, 1.54) is 83.1 Å². The van der Waals surface area contributed by atoms with E-state index in [0.29, 0.717) is 17.9 Å². The second kappa shape index (κ2) is 14.7. The van der Waals surface area contributed by atoms with Gasteiger partial charge in [0.1, 0.15) is 11.6 Å². The van der Waals surface area contributed by atoms with Crippen LogP contribution in [0.1, 0.15) is 90.4 Å². The van der Waals surface area contributed by atoms with Crippen molar-refractivity contribution in [1.82, 2.24) is 4.98 Å². The standard InChI is InChI=1S/C30H40FNO/c1-2-3-4-5-6-7-8-9-10-11-12-13-18-23-33-30-24-29(25-19-14-16-21-27(25)31)32-28-22-17-15-20-26(28)30/h14-17,19-22,24H,2-13,18,23H2,1H3. The van der Waals surface area contributed by atoms with Gasteiger partial charge in [-0.05, 0) is 30.7 Å². The normalized spacial score (nSPS) is 11.2. The summed E-state index contributed by atoms with van der Waals surface area (Å²) in [5, 5.41) is 0.979. The first-order valence-corrected chi connectivity index (χ1v) is 13.1. The number of fused-ring (bicyclic) bond motifs is 1. The van der Waals surface area contributed by atoms with Gasteiger partial charge in [0.25, 0.3) is 0 Å². The Morgan fingerprint density at radius 2 is 1.27 bits per heavy atom. The van der Waals surface area contributed by atoms with Gasteiger partial charge in [-0.25, -0.2) is 9.37 Å². The Morgan fingerprint density at radius 3 is 1.94 bits per heavy atom. The van der Waals surface area contributed by atoms with Gasteiger partial charge < -0.3 is 4.74 Å². The van der Waals surface area contributed by atoms with Crippen molar-refractivity contribution in [2.45, 2.75) is 90.4 Å². The van der Waals surface area contributed by atoms with Gasteiger partial charge in [-0.3, -0.25) is 0 Å². The number of pyridine rings is 1. The largest absolute Gasteiger partial charge is 0.493 e. The van der Waals surface area contributed by atoms with Crippen molar-refractivity contribution in [3.05, 3.63) is 60.4 Å². The van der Waals surface area contributed by atoms with Gasteiger partial charge in [-0.15, -0.1) is 0 Å². The fourth-order valence-corrected chi connectivity index (χ4v) is 4.37. The Labute approximate surface area is 199 Å². The first-order valence-electron chi connectivity index (χ1n) is 13.1. The van der Waals surface area contributed by atoms with Gasteiger partial charge in [-0.2, -0.15) is 0 Å². The molecule has 178 valence electrons. The summed E-state index contributed by atoms with van der Waals surface area (Å²) in [6, 6.07) is 16.6. The minimum atomic E-state index is -0.261. The summed E-state index contributed by atoms with van der Waals surface area (Å²) in [7, 11) is 0. The molecule has 33 heavy (non-hydrogen) atoms. The molecule has 0 atom stereocenters. The number of ether oxygens (including phenoxy) is 1. The molecule has 3 heteroatoms. The number of unbranched alkanes of at least 4 members (excludes halogenated alkanes) is 12. The van der Waals surface area contributed by atoms with Crippen LogP contribution in [0.5, 0.6) is 5.75 Å². The summed E-state index contributed by atoms with van der Waals surface area (Å²) in [5.74, 6) is 0.528. The van der Waals surface area contributed by atoms with Crippen molar-refractivity contribution in [3.63, 3.8) is 0 Å². The van der Waals surface area contributed by atoms with Crippen LogP contribution in [0.25, 0.3) is 22.2 Å². The number of hydrogen-bond donors (Lipinski definition) is 0. The molecule has 0 fully saturated rings. The molecule has 0 radical (unpaired) electrons. The lowest BCUT2D eigenvalue weighted by atomic mass is 10.0. The summed E-state index contributed by atoms with van der Waals surface area (Å²) >= 11 is 0. The van der Waals surface area contributed by atoms with Crippen molar-refractivity contribution in [2.75, 3.05) is 6.61 Å². The van der Waals surface area contributed by atoms with Crippen LogP contribution in [0, 0.1) is 5.82 Å². The second-order valence-corrected chi connectivity index (χ2v) is 9.09. The third-order valence-corrected chi connectivity index (χ3v) is 6.33. The van der Waals surface area contributed by atoms with Crippen LogP contribution in [0.2, 0.25) is 0 Å². The number of hydrogen-bond acceptors (Lipinski definition) is 2. The van der Waals surface area contributed by atoms with Crippen LogP contribution in [-0.4, -0.2) is 11.6 Å². The van der Waals surface area contributed by atoms with E-state index in [1.807, 2.05) is 36.4 Å². The molecule has 2 aromatic carbocycles. The van der Waals surface area contributed by atoms with Crippen LogP contribution in [0.4, 0.5) is 4.39 Å². The predicted molar refractivity (Wildman–Crippen MR) is 138 cm³/mol. The van der Waals surface area contributed by atoms with E-state index in [0.717, 1.165) is 23.1 Å². The number of nitrogens with zero attached hydrogens (tertiary/aromatic N) is 1. The molecule has 3 rings (SSSR count). The highest BCUT2D eigenvalue weighted by Gasteiger charge is 2.11. The van der Waals surface area contributed by atoms with Gasteiger partial charge in [-0.1, -0.05) is 108 Å². The van der Waals surface area contributed by atoms with Crippen molar-refractivity contribution < 1.29 is 9.13 Å². The number of rotatable bonds is 16. The Morgan fingerprint density at radius 1 is 0.697 bits per heavy atom. The average molecular weight is 450 g/mol. The smallest absolute Gasteiger partial charge is 0.132 e. The van der Waals surface area contributed by atoms with E-state index < -0.39 is 0 Å². The van der Waals surface area contributed by atoms with Crippen molar-refractivity contribution in [2.24, 2.45) is 0 Å². The molecule has 2 nitrogen and oxygen atoms in total. The molecule has 0 aliphatic heterocycles. The molecule has 0 aliphatic rings. The van der Waals surface area contributed by atoms with E-state index in [2.05, 4.69) is 11.9 Å². The first-order chi connectivity index (χ1) is 16.3. The SMILES string of the molecule is CCCCCCCCCCCCCCCOc1cc(-c2ccccc2F)nc2ccccc12. The topological polar surface area (TPSA) is 22.1 Å². The lowest BCUT2D eigenvalue weighted by molar-refractivity contribution is 0.307. The molecule has 0 bridgehead atoms. The van der Waals surface area contributed by atoms with Crippen molar-refractivity contribution >= 4 is 10.9 Å². The van der Waals surface area contributed by atoms with Crippen LogP contribution >= 0.6 is 0 Å². The van der Waals surface area contributed by atoms with Gasteiger partial charge in [0.15, 0.2) is 0 Å². The summed E-state index contributed by atoms with van der Waals surface area (Å²) in [6.45, 7) is 2.96. The number of aromatic nitrogens is 1. The zero-order chi connectivity index (χ0) is 23.1.